The van der Waals surface area contributed by atoms with E-state index in [4.69, 9.17) is 16.7 Å². The smallest absolute Gasteiger partial charge is 0.0431 e. The summed E-state index contributed by atoms with van der Waals surface area (Å²) in [7, 11) is 0. The summed E-state index contributed by atoms with van der Waals surface area (Å²) in [6.07, 6.45) is 4.37. The fourth-order valence-electron chi connectivity index (χ4n) is 1.60. The van der Waals surface area contributed by atoms with Crippen LogP contribution >= 0.6 is 27.5 Å². The predicted molar refractivity (Wildman–Crippen MR) is 76.4 cm³/mol. The Balaban J connectivity index is 2.14. The van der Waals surface area contributed by atoms with E-state index in [0.717, 1.165) is 41.8 Å². The normalized spacial score (nSPS) is 10.8. The van der Waals surface area contributed by atoms with Gasteiger partial charge in [0, 0.05) is 22.6 Å². The van der Waals surface area contributed by atoms with Gasteiger partial charge in [-0.2, -0.15) is 0 Å². The van der Waals surface area contributed by atoms with E-state index in [9.17, 15) is 0 Å². The minimum Gasteiger partial charge on any atom is -0.396 e. The fraction of sp³-hybridized carbons (Fsp3) is 0.538. The molecule has 17 heavy (non-hydrogen) atoms. The Labute approximate surface area is 117 Å². The van der Waals surface area contributed by atoms with E-state index in [1.54, 1.807) is 0 Å². The number of hydrogen-bond donors (Lipinski definition) is 2. The number of benzene rings is 1. The van der Waals surface area contributed by atoms with Crippen LogP contribution in [-0.4, -0.2) is 18.3 Å². The molecule has 0 atom stereocenters. The van der Waals surface area contributed by atoms with Gasteiger partial charge in [-0.3, -0.25) is 0 Å². The first-order valence-corrected chi connectivity index (χ1v) is 7.16. The number of rotatable bonds is 8. The summed E-state index contributed by atoms with van der Waals surface area (Å²) in [5.41, 5.74) is 1.23. The quantitative estimate of drug-likeness (QED) is 0.715. The molecule has 0 aliphatic heterocycles. The second-order valence-corrected chi connectivity index (χ2v) is 5.34. The Morgan fingerprint density at radius 3 is 2.65 bits per heavy atom. The molecule has 0 aromatic heterocycles. The van der Waals surface area contributed by atoms with Gasteiger partial charge in [0.2, 0.25) is 0 Å². The molecule has 0 aliphatic rings. The van der Waals surface area contributed by atoms with Gasteiger partial charge in [-0.1, -0.05) is 46.4 Å². The van der Waals surface area contributed by atoms with E-state index in [0.29, 0.717) is 6.61 Å². The van der Waals surface area contributed by atoms with Crippen LogP contribution in [0, 0.1) is 0 Å². The van der Waals surface area contributed by atoms with Crippen molar-refractivity contribution in [2.24, 2.45) is 0 Å². The molecule has 0 amide bonds. The van der Waals surface area contributed by atoms with Gasteiger partial charge in [0.15, 0.2) is 0 Å². The lowest BCUT2D eigenvalue weighted by Crippen LogP contribution is -2.14. The molecular weight excluding hydrogens is 302 g/mol. The molecule has 1 aromatic rings. The Hall–Kier alpha value is -0.0900. The molecule has 0 spiro atoms. The molecule has 1 rings (SSSR count). The van der Waals surface area contributed by atoms with Gasteiger partial charge in [0.25, 0.3) is 0 Å². The van der Waals surface area contributed by atoms with Crippen LogP contribution in [0.1, 0.15) is 31.2 Å². The second-order valence-electron chi connectivity index (χ2n) is 4.05. The number of hydrogen-bond acceptors (Lipinski definition) is 2. The van der Waals surface area contributed by atoms with Crippen LogP contribution in [0.15, 0.2) is 22.7 Å². The van der Waals surface area contributed by atoms with Crippen LogP contribution in [0.2, 0.25) is 5.02 Å². The maximum Gasteiger partial charge on any atom is 0.0431 e. The maximum atomic E-state index is 8.64. The Morgan fingerprint density at radius 1 is 1.18 bits per heavy atom. The second kappa shape index (κ2) is 8.92. The summed E-state index contributed by atoms with van der Waals surface area (Å²) < 4.78 is 1.05. The summed E-state index contributed by atoms with van der Waals surface area (Å²) in [6, 6.07) is 5.86. The SMILES string of the molecule is OCCCCCCNCc1ccc(Cl)cc1Br. The first-order chi connectivity index (χ1) is 8.24. The highest BCUT2D eigenvalue weighted by Gasteiger charge is 1.99. The third-order valence-corrected chi connectivity index (χ3v) is 3.57. The van der Waals surface area contributed by atoms with Crippen molar-refractivity contribution >= 4 is 27.5 Å². The van der Waals surface area contributed by atoms with Crippen LogP contribution in [-0.2, 0) is 6.54 Å². The van der Waals surface area contributed by atoms with Crippen molar-refractivity contribution in [3.8, 4) is 0 Å². The minimum atomic E-state index is 0.311. The first kappa shape index (κ1) is 15.0. The van der Waals surface area contributed by atoms with Crippen molar-refractivity contribution < 1.29 is 5.11 Å². The summed E-state index contributed by atoms with van der Waals surface area (Å²) in [5, 5.41) is 12.8. The molecule has 0 unspecified atom stereocenters. The molecule has 96 valence electrons. The molecule has 4 heteroatoms. The van der Waals surface area contributed by atoms with Crippen molar-refractivity contribution in [3.63, 3.8) is 0 Å². The van der Waals surface area contributed by atoms with Gasteiger partial charge < -0.3 is 10.4 Å². The Bertz CT molecular complexity index is 333. The lowest BCUT2D eigenvalue weighted by molar-refractivity contribution is 0.282. The number of unbranched alkanes of at least 4 members (excludes halogenated alkanes) is 3. The van der Waals surface area contributed by atoms with E-state index >= 15 is 0 Å². The highest BCUT2D eigenvalue weighted by atomic mass is 79.9. The molecular formula is C13H19BrClNO. The monoisotopic (exact) mass is 319 g/mol. The zero-order valence-corrected chi connectivity index (χ0v) is 12.2. The zero-order valence-electron chi connectivity index (χ0n) is 9.88. The highest BCUT2D eigenvalue weighted by molar-refractivity contribution is 9.10. The van der Waals surface area contributed by atoms with Crippen molar-refractivity contribution in [1.82, 2.24) is 5.32 Å². The standard InChI is InChI=1S/C13H19BrClNO/c14-13-9-12(15)6-5-11(13)10-16-7-3-1-2-4-8-17/h5-6,9,16-17H,1-4,7-8,10H2. The third kappa shape index (κ3) is 6.41. The van der Waals surface area contributed by atoms with Gasteiger partial charge in [-0.25, -0.2) is 0 Å². The molecule has 0 aliphatic carbocycles. The van der Waals surface area contributed by atoms with Gasteiger partial charge in [0.1, 0.15) is 0 Å². The van der Waals surface area contributed by atoms with Gasteiger partial charge in [-0.05, 0) is 37.1 Å². The number of halogens is 2. The molecule has 0 fully saturated rings. The van der Waals surface area contributed by atoms with Gasteiger partial charge in [-0.15, -0.1) is 0 Å². The van der Waals surface area contributed by atoms with E-state index < -0.39 is 0 Å². The zero-order chi connectivity index (χ0) is 12.5. The van der Waals surface area contributed by atoms with Gasteiger partial charge in [0.05, 0.1) is 0 Å². The molecule has 0 saturated heterocycles. The van der Waals surface area contributed by atoms with Crippen molar-refractivity contribution in [1.29, 1.82) is 0 Å². The van der Waals surface area contributed by atoms with E-state index in [-0.39, 0.29) is 0 Å². The molecule has 2 N–H and O–H groups in total. The highest BCUT2D eigenvalue weighted by Crippen LogP contribution is 2.21. The van der Waals surface area contributed by atoms with Crippen LogP contribution < -0.4 is 5.32 Å². The first-order valence-electron chi connectivity index (χ1n) is 5.99. The Morgan fingerprint density at radius 2 is 1.94 bits per heavy atom. The van der Waals surface area contributed by atoms with Crippen LogP contribution in [0.5, 0.6) is 0 Å². The maximum absolute atomic E-state index is 8.64. The average molecular weight is 321 g/mol. The third-order valence-electron chi connectivity index (χ3n) is 2.59. The van der Waals surface area contributed by atoms with E-state index in [1.165, 1.54) is 12.0 Å². The average Bonchev–Trinajstić information content (AvgIpc) is 2.30. The van der Waals surface area contributed by atoms with E-state index in [1.807, 2.05) is 18.2 Å². The van der Waals surface area contributed by atoms with Crippen molar-refractivity contribution in [2.75, 3.05) is 13.2 Å². The largest absolute Gasteiger partial charge is 0.396 e. The Kier molecular flexibility index (Phi) is 7.86. The fourth-order valence-corrected chi connectivity index (χ4v) is 2.43. The summed E-state index contributed by atoms with van der Waals surface area (Å²) in [5.74, 6) is 0. The van der Waals surface area contributed by atoms with Crippen molar-refractivity contribution in [2.45, 2.75) is 32.2 Å². The predicted octanol–water partition coefficient (Wildman–Crippen LogP) is 3.74. The lowest BCUT2D eigenvalue weighted by atomic mass is 10.2. The number of nitrogens with one attached hydrogen (secondary N) is 1. The number of aliphatic hydroxyl groups excluding tert-OH is 1. The van der Waals surface area contributed by atoms with Crippen LogP contribution in [0.25, 0.3) is 0 Å². The lowest BCUT2D eigenvalue weighted by Gasteiger charge is -2.07. The topological polar surface area (TPSA) is 32.3 Å². The van der Waals surface area contributed by atoms with Crippen molar-refractivity contribution in [3.05, 3.63) is 33.3 Å². The number of aliphatic hydroxyl groups is 1. The minimum absolute atomic E-state index is 0.311. The van der Waals surface area contributed by atoms with Crippen LogP contribution in [0.4, 0.5) is 0 Å². The summed E-state index contributed by atoms with van der Waals surface area (Å²) in [6.45, 7) is 2.18. The molecule has 0 radical (unpaired) electrons. The van der Waals surface area contributed by atoms with Gasteiger partial charge >= 0.3 is 0 Å². The molecule has 0 saturated carbocycles. The molecule has 0 heterocycles. The molecule has 1 aromatic carbocycles. The van der Waals surface area contributed by atoms with Crippen LogP contribution in [0.3, 0.4) is 0 Å². The molecule has 2 nitrogen and oxygen atoms in total. The molecule has 0 bridgehead atoms. The van der Waals surface area contributed by atoms with E-state index in [2.05, 4.69) is 21.2 Å². The summed E-state index contributed by atoms with van der Waals surface area (Å²) >= 11 is 9.38. The summed E-state index contributed by atoms with van der Waals surface area (Å²) in [4.78, 5) is 0.